The minimum Gasteiger partial charge on any atom is -0.316 e. The van der Waals surface area contributed by atoms with Crippen molar-refractivity contribution in [2.24, 2.45) is 5.41 Å². The third kappa shape index (κ3) is 4.31. The number of benzene rings is 4. The predicted molar refractivity (Wildman–Crippen MR) is 179 cm³/mol. The average molecular weight is 590 g/mol. The number of carbonyl (C=O) groups excluding carboxylic acids is 1. The number of anilines is 1. The second kappa shape index (κ2) is 10.8. The molecular formula is C39H35N5O. The highest BCUT2D eigenvalue weighted by molar-refractivity contribution is 6.03. The lowest BCUT2D eigenvalue weighted by molar-refractivity contribution is -0.124. The van der Waals surface area contributed by atoms with Gasteiger partial charge in [0.1, 0.15) is 11.2 Å². The Labute approximate surface area is 263 Å². The van der Waals surface area contributed by atoms with Crippen LogP contribution in [0.4, 0.5) is 5.69 Å². The van der Waals surface area contributed by atoms with Crippen molar-refractivity contribution in [3.63, 3.8) is 0 Å². The molecule has 45 heavy (non-hydrogen) atoms. The number of carbonyl (C=O) groups is 1. The molecule has 0 bridgehead atoms. The first-order valence-electron chi connectivity index (χ1n) is 15.8. The molecule has 2 aliphatic rings. The topological polar surface area (TPSA) is 63.1 Å². The molecule has 8 rings (SSSR count). The summed E-state index contributed by atoms with van der Waals surface area (Å²) in [7, 11) is 0. The number of nitrogens with zero attached hydrogens (tertiary/aromatic N) is 4. The Hall–Kier alpha value is -5.07. The summed E-state index contributed by atoms with van der Waals surface area (Å²) >= 11 is 0. The Morgan fingerprint density at radius 2 is 1.42 bits per heavy atom. The molecule has 2 aromatic heterocycles. The standard InChI is InChI=1S/C39H35N5O/c1-28-25-29(19-22-41-28)36-34-26-33(43-24-21-38(37(43)45)20-23-40-27-38)17-18-35(34)44(42-36)39(30-11-5-2-6-12-30,31-13-7-3-8-14-31)32-15-9-4-10-16-32/h2-19,22,25-26,40H,20-21,23-24,27H2,1H3. The monoisotopic (exact) mass is 589 g/mol. The minimum absolute atomic E-state index is 0.229. The van der Waals surface area contributed by atoms with Crippen molar-refractivity contribution in [2.75, 3.05) is 24.5 Å². The summed E-state index contributed by atoms with van der Waals surface area (Å²) in [6, 6.07) is 42.5. The van der Waals surface area contributed by atoms with Gasteiger partial charge in [-0.3, -0.25) is 9.78 Å². The van der Waals surface area contributed by atoms with Gasteiger partial charge in [0.15, 0.2) is 0 Å². The van der Waals surface area contributed by atoms with E-state index in [1.807, 2.05) is 24.1 Å². The van der Waals surface area contributed by atoms with Gasteiger partial charge >= 0.3 is 0 Å². The lowest BCUT2D eigenvalue weighted by Gasteiger charge is -2.37. The summed E-state index contributed by atoms with van der Waals surface area (Å²) in [6.45, 7) is 4.40. The number of aromatic nitrogens is 3. The van der Waals surface area contributed by atoms with Crippen molar-refractivity contribution in [2.45, 2.75) is 25.3 Å². The third-order valence-corrected chi connectivity index (χ3v) is 9.79. The molecule has 1 unspecified atom stereocenters. The van der Waals surface area contributed by atoms with Gasteiger partial charge in [0.2, 0.25) is 5.91 Å². The summed E-state index contributed by atoms with van der Waals surface area (Å²) in [4.78, 5) is 20.3. The Balaban J connectivity index is 1.43. The van der Waals surface area contributed by atoms with Crippen LogP contribution in [0.2, 0.25) is 0 Å². The van der Waals surface area contributed by atoms with Crippen molar-refractivity contribution in [1.82, 2.24) is 20.1 Å². The van der Waals surface area contributed by atoms with E-state index in [9.17, 15) is 4.79 Å². The van der Waals surface area contributed by atoms with Crippen LogP contribution in [0, 0.1) is 12.3 Å². The fourth-order valence-electron chi connectivity index (χ4n) is 7.55. The first-order chi connectivity index (χ1) is 22.1. The van der Waals surface area contributed by atoms with Crippen LogP contribution in [0.15, 0.2) is 128 Å². The average Bonchev–Trinajstić information content (AvgIpc) is 3.81. The van der Waals surface area contributed by atoms with E-state index in [0.29, 0.717) is 0 Å². The van der Waals surface area contributed by atoms with Gasteiger partial charge < -0.3 is 10.2 Å². The van der Waals surface area contributed by atoms with E-state index in [4.69, 9.17) is 5.10 Å². The zero-order valence-corrected chi connectivity index (χ0v) is 25.4. The molecule has 2 fully saturated rings. The molecule has 2 aliphatic heterocycles. The van der Waals surface area contributed by atoms with E-state index in [-0.39, 0.29) is 11.3 Å². The first-order valence-corrected chi connectivity index (χ1v) is 15.8. The number of hydrogen-bond donors (Lipinski definition) is 1. The molecule has 2 saturated heterocycles. The summed E-state index contributed by atoms with van der Waals surface area (Å²) < 4.78 is 2.20. The lowest BCUT2D eigenvalue weighted by Crippen LogP contribution is -2.38. The molecule has 6 aromatic rings. The highest BCUT2D eigenvalue weighted by Crippen LogP contribution is 2.45. The summed E-state index contributed by atoms with van der Waals surface area (Å²) in [5.41, 5.74) is 6.98. The Morgan fingerprint density at radius 1 is 0.778 bits per heavy atom. The number of amides is 1. The molecule has 0 aliphatic carbocycles. The molecule has 1 N–H and O–H groups in total. The van der Waals surface area contributed by atoms with Crippen molar-refractivity contribution in [3.8, 4) is 11.3 Å². The van der Waals surface area contributed by atoms with Gasteiger partial charge in [-0.1, -0.05) is 91.0 Å². The van der Waals surface area contributed by atoms with Crippen LogP contribution in [0.25, 0.3) is 22.2 Å². The fraction of sp³-hybridized carbons (Fsp3) is 0.205. The first kappa shape index (κ1) is 27.5. The molecule has 1 atom stereocenters. The quantitative estimate of drug-likeness (QED) is 0.213. The van der Waals surface area contributed by atoms with Crippen LogP contribution in [-0.4, -0.2) is 40.3 Å². The highest BCUT2D eigenvalue weighted by atomic mass is 16.2. The number of nitrogens with one attached hydrogen (secondary N) is 1. The van der Waals surface area contributed by atoms with Crippen LogP contribution >= 0.6 is 0 Å². The maximum atomic E-state index is 13.8. The van der Waals surface area contributed by atoms with Gasteiger partial charge in [0.25, 0.3) is 0 Å². The zero-order valence-electron chi connectivity index (χ0n) is 25.4. The van der Waals surface area contributed by atoms with Gasteiger partial charge in [0, 0.05) is 41.6 Å². The van der Waals surface area contributed by atoms with Crippen molar-refractivity contribution in [1.29, 1.82) is 0 Å². The molecule has 1 amide bonds. The Bertz CT molecular complexity index is 1900. The molecule has 1 spiro atoms. The third-order valence-electron chi connectivity index (χ3n) is 9.79. The number of aryl methyl sites for hydroxylation is 1. The molecule has 4 aromatic carbocycles. The van der Waals surface area contributed by atoms with Gasteiger partial charge in [-0.15, -0.1) is 0 Å². The Kier molecular flexibility index (Phi) is 6.61. The maximum Gasteiger partial charge on any atom is 0.234 e. The molecule has 0 saturated carbocycles. The van der Waals surface area contributed by atoms with E-state index < -0.39 is 5.54 Å². The van der Waals surface area contributed by atoms with Gasteiger partial charge in [-0.05, 0) is 73.3 Å². The molecule has 222 valence electrons. The van der Waals surface area contributed by atoms with E-state index >= 15 is 0 Å². The normalized spacial score (nSPS) is 18.3. The largest absolute Gasteiger partial charge is 0.316 e. The number of pyridine rings is 1. The molecule has 6 heteroatoms. The number of rotatable bonds is 6. The second-order valence-corrected chi connectivity index (χ2v) is 12.4. The molecule has 6 nitrogen and oxygen atoms in total. The predicted octanol–water partition coefficient (Wildman–Crippen LogP) is 6.96. The minimum atomic E-state index is -0.771. The SMILES string of the molecule is Cc1cc(-c2nn(C(c3ccccc3)(c3ccccc3)c3ccccc3)c3ccc(N4CCC5(CCNC5)C4=O)cc23)ccn1. The van der Waals surface area contributed by atoms with Gasteiger partial charge in [0.05, 0.1) is 10.9 Å². The number of hydrogen-bond acceptors (Lipinski definition) is 4. The van der Waals surface area contributed by atoms with Crippen molar-refractivity contribution >= 4 is 22.5 Å². The zero-order chi connectivity index (χ0) is 30.4. The lowest BCUT2D eigenvalue weighted by atomic mass is 9.77. The van der Waals surface area contributed by atoms with Gasteiger partial charge in [-0.2, -0.15) is 5.10 Å². The van der Waals surface area contributed by atoms with Crippen molar-refractivity contribution < 1.29 is 4.79 Å². The van der Waals surface area contributed by atoms with Crippen LogP contribution in [-0.2, 0) is 10.3 Å². The van der Waals surface area contributed by atoms with Gasteiger partial charge in [-0.25, -0.2) is 4.68 Å². The second-order valence-electron chi connectivity index (χ2n) is 12.4. The van der Waals surface area contributed by atoms with Crippen LogP contribution in [0.5, 0.6) is 0 Å². The molecular weight excluding hydrogens is 554 g/mol. The fourth-order valence-corrected chi connectivity index (χ4v) is 7.55. The molecule has 4 heterocycles. The summed E-state index contributed by atoms with van der Waals surface area (Å²) in [5, 5.41) is 9.96. The maximum absolute atomic E-state index is 13.8. The van der Waals surface area contributed by atoms with Crippen LogP contribution in [0.3, 0.4) is 0 Å². The number of fused-ring (bicyclic) bond motifs is 1. The van der Waals surface area contributed by atoms with E-state index in [1.54, 1.807) is 0 Å². The van der Waals surface area contributed by atoms with Crippen molar-refractivity contribution in [3.05, 3.63) is 150 Å². The summed E-state index contributed by atoms with van der Waals surface area (Å²) in [6.07, 6.45) is 3.63. The summed E-state index contributed by atoms with van der Waals surface area (Å²) in [5.74, 6) is 0.229. The smallest absolute Gasteiger partial charge is 0.234 e. The van der Waals surface area contributed by atoms with E-state index in [1.165, 1.54) is 0 Å². The highest BCUT2D eigenvalue weighted by Gasteiger charge is 2.49. The van der Waals surface area contributed by atoms with E-state index in [0.717, 1.165) is 82.7 Å². The Morgan fingerprint density at radius 3 is 2.00 bits per heavy atom. The van der Waals surface area contributed by atoms with Crippen LogP contribution in [0.1, 0.15) is 35.2 Å². The van der Waals surface area contributed by atoms with Crippen LogP contribution < -0.4 is 10.2 Å². The molecule has 0 radical (unpaired) electrons. The van der Waals surface area contributed by atoms with E-state index in [2.05, 4.69) is 130 Å².